The Morgan fingerprint density at radius 3 is 2.45 bits per heavy atom. The first-order chi connectivity index (χ1) is 14.8. The summed E-state index contributed by atoms with van der Waals surface area (Å²) in [6.07, 6.45) is 7.69. The number of nitrogens with zero attached hydrogens (tertiary/aromatic N) is 6. The Morgan fingerprint density at radius 2 is 1.84 bits per heavy atom. The molecule has 0 unspecified atom stereocenters. The van der Waals surface area contributed by atoms with Crippen molar-refractivity contribution < 1.29 is 0 Å². The van der Waals surface area contributed by atoms with E-state index in [2.05, 4.69) is 44.2 Å². The lowest BCUT2D eigenvalue weighted by atomic mass is 9.91. The van der Waals surface area contributed by atoms with Crippen molar-refractivity contribution in [3.8, 4) is 11.3 Å². The zero-order valence-electron chi connectivity index (χ0n) is 18.5. The maximum absolute atomic E-state index is 13.3. The highest BCUT2D eigenvalue weighted by atomic mass is 16.1. The highest BCUT2D eigenvalue weighted by molar-refractivity contribution is 5.74. The molecule has 0 radical (unpaired) electrons. The van der Waals surface area contributed by atoms with Crippen LogP contribution in [0.5, 0.6) is 0 Å². The van der Waals surface area contributed by atoms with E-state index in [0.717, 1.165) is 25.7 Å². The Hall–Kier alpha value is -3.07. The summed E-state index contributed by atoms with van der Waals surface area (Å²) in [5, 5.41) is 3.46. The lowest BCUT2D eigenvalue weighted by Crippen LogP contribution is -2.36. The fraction of sp³-hybridized carbons (Fsp3) is 0.500. The second kappa shape index (κ2) is 8.58. The largest absolute Gasteiger partial charge is 0.384 e. The summed E-state index contributed by atoms with van der Waals surface area (Å²) in [4.78, 5) is 33.4. The molecule has 3 heterocycles. The fourth-order valence-electron chi connectivity index (χ4n) is 4.20. The average Bonchev–Trinajstić information content (AvgIpc) is 2.74. The summed E-state index contributed by atoms with van der Waals surface area (Å²) in [7, 11) is 4.27. The summed E-state index contributed by atoms with van der Waals surface area (Å²) in [6, 6.07) is 4.29. The summed E-state index contributed by atoms with van der Waals surface area (Å²) in [5.41, 5.74) is 7.52. The van der Waals surface area contributed by atoms with Crippen molar-refractivity contribution in [3.05, 3.63) is 34.9 Å². The molecule has 1 aliphatic rings. The van der Waals surface area contributed by atoms with Gasteiger partial charge in [-0.3, -0.25) is 9.36 Å². The SMILES string of the molecule is CC(C)n1c(=O)c(-c2ccc(N)nc2)nc2cnc(NC3CCC(N(C)C)CC3)nc21. The lowest BCUT2D eigenvalue weighted by Gasteiger charge is -2.32. The summed E-state index contributed by atoms with van der Waals surface area (Å²) < 4.78 is 1.67. The van der Waals surface area contributed by atoms with Gasteiger partial charge in [-0.15, -0.1) is 0 Å². The smallest absolute Gasteiger partial charge is 0.279 e. The number of fused-ring (bicyclic) bond motifs is 1. The monoisotopic (exact) mass is 422 g/mol. The van der Waals surface area contributed by atoms with Gasteiger partial charge in [0.1, 0.15) is 17.0 Å². The van der Waals surface area contributed by atoms with Gasteiger partial charge in [0.05, 0.1) is 6.20 Å². The van der Waals surface area contributed by atoms with Crippen molar-refractivity contribution in [2.75, 3.05) is 25.1 Å². The number of nitrogens with one attached hydrogen (secondary N) is 1. The number of nitrogen functional groups attached to an aromatic ring is 1. The third-order valence-corrected chi connectivity index (χ3v) is 5.97. The summed E-state index contributed by atoms with van der Waals surface area (Å²) >= 11 is 0. The van der Waals surface area contributed by atoms with Crippen LogP contribution in [0.2, 0.25) is 0 Å². The van der Waals surface area contributed by atoms with Gasteiger partial charge >= 0.3 is 0 Å². The highest BCUT2D eigenvalue weighted by Crippen LogP contribution is 2.24. The van der Waals surface area contributed by atoms with E-state index in [1.54, 1.807) is 29.1 Å². The number of anilines is 2. The molecule has 1 fully saturated rings. The van der Waals surface area contributed by atoms with Crippen LogP contribution in [0.25, 0.3) is 22.4 Å². The number of pyridine rings is 1. The van der Waals surface area contributed by atoms with E-state index in [0.29, 0.717) is 46.3 Å². The Morgan fingerprint density at radius 1 is 1.10 bits per heavy atom. The van der Waals surface area contributed by atoms with Gasteiger partial charge in [-0.1, -0.05) is 0 Å². The van der Waals surface area contributed by atoms with Crippen LogP contribution in [0, 0.1) is 0 Å². The van der Waals surface area contributed by atoms with Crippen molar-refractivity contribution in [1.82, 2.24) is 29.4 Å². The molecule has 4 rings (SSSR count). The first-order valence-corrected chi connectivity index (χ1v) is 10.8. The highest BCUT2D eigenvalue weighted by Gasteiger charge is 2.23. The van der Waals surface area contributed by atoms with Crippen molar-refractivity contribution in [2.24, 2.45) is 0 Å². The molecule has 164 valence electrons. The van der Waals surface area contributed by atoms with Gasteiger partial charge < -0.3 is 16.0 Å². The molecule has 1 aliphatic carbocycles. The second-order valence-electron chi connectivity index (χ2n) is 8.72. The summed E-state index contributed by atoms with van der Waals surface area (Å²) in [6.45, 7) is 3.92. The minimum Gasteiger partial charge on any atom is -0.384 e. The molecule has 0 spiro atoms. The quantitative estimate of drug-likeness (QED) is 0.645. The Balaban J connectivity index is 1.68. The number of nitrogens with two attached hydrogens (primary N) is 1. The molecule has 0 saturated heterocycles. The zero-order chi connectivity index (χ0) is 22.1. The normalized spacial score (nSPS) is 19.3. The number of hydrogen-bond acceptors (Lipinski definition) is 8. The van der Waals surface area contributed by atoms with Crippen LogP contribution in [0.3, 0.4) is 0 Å². The number of aromatic nitrogens is 5. The van der Waals surface area contributed by atoms with Gasteiger partial charge in [-0.25, -0.2) is 15.0 Å². The van der Waals surface area contributed by atoms with Gasteiger partial charge in [0, 0.05) is 29.9 Å². The molecule has 9 heteroatoms. The third-order valence-electron chi connectivity index (χ3n) is 5.97. The maximum Gasteiger partial charge on any atom is 0.279 e. The molecule has 0 atom stereocenters. The molecule has 3 N–H and O–H groups in total. The third kappa shape index (κ3) is 4.36. The van der Waals surface area contributed by atoms with Gasteiger partial charge in [0.15, 0.2) is 5.65 Å². The van der Waals surface area contributed by atoms with E-state index >= 15 is 0 Å². The molecule has 9 nitrogen and oxygen atoms in total. The first kappa shape index (κ1) is 21.2. The predicted octanol–water partition coefficient (Wildman–Crippen LogP) is 2.70. The topological polar surface area (TPSA) is 115 Å². The van der Waals surface area contributed by atoms with E-state index in [-0.39, 0.29) is 11.6 Å². The molecule has 3 aromatic rings. The lowest BCUT2D eigenvalue weighted by molar-refractivity contribution is 0.221. The number of rotatable bonds is 5. The van der Waals surface area contributed by atoms with Crippen molar-refractivity contribution in [1.29, 1.82) is 0 Å². The molecule has 0 aromatic carbocycles. The van der Waals surface area contributed by atoms with Crippen molar-refractivity contribution in [2.45, 2.75) is 57.7 Å². The molecule has 0 aliphatic heterocycles. The van der Waals surface area contributed by atoms with E-state index in [9.17, 15) is 4.79 Å². The molecule has 3 aromatic heterocycles. The predicted molar refractivity (Wildman–Crippen MR) is 123 cm³/mol. The molecule has 1 saturated carbocycles. The molecule has 31 heavy (non-hydrogen) atoms. The molecular weight excluding hydrogens is 392 g/mol. The Labute approximate surface area is 181 Å². The van der Waals surface area contributed by atoms with Crippen LogP contribution in [0.15, 0.2) is 29.3 Å². The maximum atomic E-state index is 13.3. The first-order valence-electron chi connectivity index (χ1n) is 10.8. The van der Waals surface area contributed by atoms with Gasteiger partial charge in [0.2, 0.25) is 5.95 Å². The van der Waals surface area contributed by atoms with E-state index in [1.165, 1.54) is 0 Å². The van der Waals surface area contributed by atoms with Crippen LogP contribution in [-0.2, 0) is 0 Å². The van der Waals surface area contributed by atoms with Crippen LogP contribution >= 0.6 is 0 Å². The van der Waals surface area contributed by atoms with Crippen LogP contribution in [-0.4, -0.2) is 55.6 Å². The minimum atomic E-state index is -0.204. The van der Waals surface area contributed by atoms with Crippen LogP contribution in [0.4, 0.5) is 11.8 Å². The second-order valence-corrected chi connectivity index (χ2v) is 8.72. The zero-order valence-corrected chi connectivity index (χ0v) is 18.5. The fourth-order valence-corrected chi connectivity index (χ4v) is 4.20. The standard InChI is InChI=1S/C22H30N8O/c1-13(2)30-20-17(27-19(21(30)31)14-5-10-18(23)24-11-14)12-25-22(28-20)26-15-6-8-16(9-7-15)29(3)4/h5,10-13,15-16H,6-9H2,1-4H3,(H2,23,24)(H,25,26,28). The van der Waals surface area contributed by atoms with Gasteiger partial charge in [0.25, 0.3) is 5.56 Å². The molecule has 0 bridgehead atoms. The van der Waals surface area contributed by atoms with E-state index in [4.69, 9.17) is 5.73 Å². The van der Waals surface area contributed by atoms with Crippen molar-refractivity contribution in [3.63, 3.8) is 0 Å². The Kier molecular flexibility index (Phi) is 5.86. The Bertz CT molecular complexity index is 1110. The van der Waals surface area contributed by atoms with Crippen LogP contribution < -0.4 is 16.6 Å². The number of hydrogen-bond donors (Lipinski definition) is 2. The minimum absolute atomic E-state index is 0.0863. The summed E-state index contributed by atoms with van der Waals surface area (Å²) in [5.74, 6) is 0.936. The van der Waals surface area contributed by atoms with Gasteiger partial charge in [-0.05, 0) is 65.8 Å². The van der Waals surface area contributed by atoms with E-state index in [1.807, 2.05) is 13.8 Å². The van der Waals surface area contributed by atoms with Crippen LogP contribution in [0.1, 0.15) is 45.6 Å². The average molecular weight is 423 g/mol. The molecule has 0 amide bonds. The van der Waals surface area contributed by atoms with Gasteiger partial charge in [-0.2, -0.15) is 4.98 Å². The van der Waals surface area contributed by atoms with E-state index < -0.39 is 0 Å². The molecular formula is C22H30N8O. The van der Waals surface area contributed by atoms with Crippen molar-refractivity contribution >= 4 is 22.9 Å².